The first-order valence-corrected chi connectivity index (χ1v) is 11.5. The van der Waals surface area contributed by atoms with Crippen LogP contribution in [0.25, 0.3) is 0 Å². The fourth-order valence-corrected chi connectivity index (χ4v) is 5.29. The molecule has 0 aliphatic carbocycles. The van der Waals surface area contributed by atoms with Crippen LogP contribution >= 0.6 is 0 Å². The van der Waals surface area contributed by atoms with E-state index in [1.54, 1.807) is 27.7 Å². The molecular formula is C22H29NO7S. The van der Waals surface area contributed by atoms with Crippen molar-refractivity contribution in [1.29, 1.82) is 0 Å². The maximum atomic E-state index is 13.7. The Morgan fingerprint density at radius 1 is 1.23 bits per heavy atom. The number of ether oxygens (including phenoxy) is 3. The van der Waals surface area contributed by atoms with Crippen molar-refractivity contribution < 1.29 is 32.2 Å². The molecule has 8 nitrogen and oxygen atoms in total. The zero-order valence-corrected chi connectivity index (χ0v) is 19.2. The summed E-state index contributed by atoms with van der Waals surface area (Å²) < 4.78 is 41.2. The molecule has 9 heteroatoms. The van der Waals surface area contributed by atoms with Gasteiger partial charge in [0.2, 0.25) is 0 Å². The van der Waals surface area contributed by atoms with Crippen molar-refractivity contribution in [1.82, 2.24) is 4.90 Å². The molecule has 170 valence electrons. The van der Waals surface area contributed by atoms with Gasteiger partial charge in [-0.1, -0.05) is 5.92 Å². The Bertz CT molecular complexity index is 942. The van der Waals surface area contributed by atoms with Crippen LogP contribution in [0.15, 0.2) is 29.2 Å². The number of benzene rings is 1. The largest absolute Gasteiger partial charge is 0.481 e. The third-order valence-corrected chi connectivity index (χ3v) is 7.15. The second-order valence-corrected chi connectivity index (χ2v) is 10.4. The molecule has 1 heterocycles. The summed E-state index contributed by atoms with van der Waals surface area (Å²) in [6, 6.07) is 5.65. The van der Waals surface area contributed by atoms with Gasteiger partial charge >= 0.3 is 12.1 Å². The Morgan fingerprint density at radius 3 is 2.42 bits per heavy atom. The standard InChI is InChI=1S/C22H29NO7S/c1-6-15-29-17-9-11-18(12-10-17)31(26,27)22(19(24)28-7-2)13-8-14-23(16-22)20(25)30-21(3,4)5/h1,9-12H,7-8,13-16H2,2-5H3. The number of esters is 1. The Balaban J connectivity index is 2.43. The molecule has 1 amide bonds. The quantitative estimate of drug-likeness (QED) is 0.484. The number of hydrogen-bond acceptors (Lipinski definition) is 7. The number of hydrogen-bond donors (Lipinski definition) is 0. The Hall–Kier alpha value is -2.73. The van der Waals surface area contributed by atoms with Crippen LogP contribution in [-0.4, -0.2) is 62.0 Å². The molecule has 0 saturated carbocycles. The van der Waals surface area contributed by atoms with Crippen LogP contribution in [0.4, 0.5) is 4.79 Å². The molecule has 1 fully saturated rings. The fourth-order valence-electron chi connectivity index (χ4n) is 3.33. The summed E-state index contributed by atoms with van der Waals surface area (Å²) in [4.78, 5) is 26.8. The molecule has 1 aliphatic heterocycles. The molecule has 0 spiro atoms. The Kier molecular flexibility index (Phi) is 7.60. The molecule has 1 unspecified atom stereocenters. The SMILES string of the molecule is C#CCOc1ccc(S(=O)(=O)C2(C(=O)OCC)CCCN(C(=O)OC(C)(C)C)C2)cc1. The average Bonchev–Trinajstić information content (AvgIpc) is 2.71. The van der Waals surface area contributed by atoms with Gasteiger partial charge in [0.1, 0.15) is 18.0 Å². The first-order valence-electron chi connectivity index (χ1n) is 10.0. The highest BCUT2D eigenvalue weighted by molar-refractivity contribution is 7.93. The molecule has 2 rings (SSSR count). The van der Waals surface area contributed by atoms with E-state index >= 15 is 0 Å². The Labute approximate surface area is 183 Å². The highest BCUT2D eigenvalue weighted by Crippen LogP contribution is 2.36. The number of carbonyl (C=O) groups is 2. The van der Waals surface area contributed by atoms with Crippen LogP contribution in [0, 0.1) is 12.3 Å². The summed E-state index contributed by atoms with van der Waals surface area (Å²) >= 11 is 0. The third-order valence-electron chi connectivity index (χ3n) is 4.72. The van der Waals surface area contributed by atoms with Crippen molar-refractivity contribution in [2.45, 2.75) is 55.8 Å². The topological polar surface area (TPSA) is 99.2 Å². The molecule has 1 saturated heterocycles. The van der Waals surface area contributed by atoms with Crippen molar-refractivity contribution in [3.05, 3.63) is 24.3 Å². The van der Waals surface area contributed by atoms with Crippen LogP contribution in [0.1, 0.15) is 40.5 Å². The molecule has 0 N–H and O–H groups in total. The molecule has 1 aromatic rings. The molecule has 31 heavy (non-hydrogen) atoms. The van der Waals surface area contributed by atoms with Crippen LogP contribution < -0.4 is 4.74 Å². The lowest BCUT2D eigenvalue weighted by atomic mass is 9.97. The van der Waals surface area contributed by atoms with E-state index < -0.39 is 32.2 Å². The third kappa shape index (κ3) is 5.50. The van der Waals surface area contributed by atoms with Crippen LogP contribution in [0.2, 0.25) is 0 Å². The van der Waals surface area contributed by atoms with E-state index in [4.69, 9.17) is 20.6 Å². The molecule has 0 radical (unpaired) electrons. The van der Waals surface area contributed by atoms with Gasteiger partial charge in [-0.25, -0.2) is 13.2 Å². The van der Waals surface area contributed by atoms with E-state index in [2.05, 4.69) is 5.92 Å². The predicted octanol–water partition coefficient (Wildman–Crippen LogP) is 2.81. The summed E-state index contributed by atoms with van der Waals surface area (Å²) in [6.07, 6.45) is 4.83. The van der Waals surface area contributed by atoms with Gasteiger partial charge in [0, 0.05) is 6.54 Å². The summed E-state index contributed by atoms with van der Waals surface area (Å²) in [6.45, 7) is 6.74. The van der Waals surface area contributed by atoms with Crippen molar-refractivity contribution >= 4 is 21.9 Å². The van der Waals surface area contributed by atoms with E-state index in [9.17, 15) is 18.0 Å². The van der Waals surface area contributed by atoms with Gasteiger partial charge in [0.05, 0.1) is 18.0 Å². The number of nitrogens with zero attached hydrogens (tertiary/aromatic N) is 1. The first-order chi connectivity index (χ1) is 14.5. The minimum Gasteiger partial charge on any atom is -0.481 e. The van der Waals surface area contributed by atoms with Gasteiger partial charge in [-0.3, -0.25) is 4.79 Å². The normalized spacial score (nSPS) is 19.3. The predicted molar refractivity (Wildman–Crippen MR) is 114 cm³/mol. The van der Waals surface area contributed by atoms with E-state index in [0.29, 0.717) is 12.2 Å². The second kappa shape index (κ2) is 9.60. The lowest BCUT2D eigenvalue weighted by Crippen LogP contribution is -2.60. The van der Waals surface area contributed by atoms with E-state index in [1.165, 1.54) is 29.2 Å². The maximum absolute atomic E-state index is 13.7. The molecule has 1 atom stereocenters. The van der Waals surface area contributed by atoms with E-state index in [-0.39, 0.29) is 37.6 Å². The minimum absolute atomic E-state index is 0.0153. The van der Waals surface area contributed by atoms with Crippen LogP contribution in [-0.2, 0) is 24.1 Å². The van der Waals surface area contributed by atoms with Crippen molar-refractivity contribution in [2.24, 2.45) is 0 Å². The fraction of sp³-hybridized carbons (Fsp3) is 0.545. The molecule has 1 aliphatic rings. The monoisotopic (exact) mass is 451 g/mol. The van der Waals surface area contributed by atoms with Gasteiger partial charge in [-0.15, -0.1) is 6.42 Å². The lowest BCUT2D eigenvalue weighted by molar-refractivity contribution is -0.147. The zero-order valence-electron chi connectivity index (χ0n) is 18.3. The highest BCUT2D eigenvalue weighted by Gasteiger charge is 2.56. The molecule has 0 aromatic heterocycles. The van der Waals surface area contributed by atoms with Crippen molar-refractivity contribution in [2.75, 3.05) is 26.3 Å². The number of piperidine rings is 1. The second-order valence-electron chi connectivity index (χ2n) is 8.19. The smallest absolute Gasteiger partial charge is 0.410 e. The number of carbonyl (C=O) groups excluding carboxylic acids is 2. The van der Waals surface area contributed by atoms with Gasteiger partial charge in [-0.05, 0) is 64.8 Å². The van der Waals surface area contributed by atoms with Crippen LogP contribution in [0.3, 0.4) is 0 Å². The van der Waals surface area contributed by atoms with E-state index in [1.807, 2.05) is 0 Å². The summed E-state index contributed by atoms with van der Waals surface area (Å²) in [5.41, 5.74) is -0.756. The van der Waals surface area contributed by atoms with Gasteiger partial charge in [0.15, 0.2) is 14.6 Å². The lowest BCUT2D eigenvalue weighted by Gasteiger charge is -2.40. The summed E-state index contributed by atoms with van der Waals surface area (Å²) in [7, 11) is -4.21. The summed E-state index contributed by atoms with van der Waals surface area (Å²) in [5.74, 6) is 1.85. The van der Waals surface area contributed by atoms with Gasteiger partial charge in [0.25, 0.3) is 0 Å². The summed E-state index contributed by atoms with van der Waals surface area (Å²) in [5, 5.41) is 0. The van der Waals surface area contributed by atoms with Crippen molar-refractivity contribution in [3.63, 3.8) is 0 Å². The number of amides is 1. The zero-order chi connectivity index (χ0) is 23.3. The molecule has 0 bridgehead atoms. The number of terminal acetylenes is 1. The maximum Gasteiger partial charge on any atom is 0.410 e. The van der Waals surface area contributed by atoms with Crippen molar-refractivity contribution in [3.8, 4) is 18.1 Å². The van der Waals surface area contributed by atoms with Gasteiger partial charge < -0.3 is 19.1 Å². The highest BCUT2D eigenvalue weighted by atomic mass is 32.2. The Morgan fingerprint density at radius 2 is 1.87 bits per heavy atom. The average molecular weight is 452 g/mol. The molecular weight excluding hydrogens is 422 g/mol. The number of rotatable bonds is 6. The number of sulfone groups is 1. The molecule has 1 aromatic carbocycles. The number of likely N-dealkylation sites (tertiary alicyclic amines) is 1. The van der Waals surface area contributed by atoms with Crippen LogP contribution in [0.5, 0.6) is 5.75 Å². The minimum atomic E-state index is -4.21. The van der Waals surface area contributed by atoms with E-state index in [0.717, 1.165) is 0 Å². The first kappa shape index (κ1) is 24.5. The van der Waals surface area contributed by atoms with Gasteiger partial charge in [-0.2, -0.15) is 0 Å².